The number of aliphatic hydroxyl groups is 2. The molecule has 4 heteroatoms. The summed E-state index contributed by atoms with van der Waals surface area (Å²) in [5.41, 5.74) is -0.650. The van der Waals surface area contributed by atoms with Crippen LogP contribution in [-0.2, 0) is 4.74 Å². The minimum atomic E-state index is -0.551. The van der Waals surface area contributed by atoms with Gasteiger partial charge >= 0.3 is 0 Å². The van der Waals surface area contributed by atoms with E-state index in [1.807, 2.05) is 32.6 Å². The molecule has 2 N–H and O–H groups in total. The second-order valence-electron chi connectivity index (χ2n) is 5.50. The van der Waals surface area contributed by atoms with Crippen LogP contribution in [0.1, 0.15) is 34.1 Å². The van der Waals surface area contributed by atoms with Crippen LogP contribution in [0.5, 0.6) is 0 Å². The fourth-order valence-electron chi connectivity index (χ4n) is 1.92. The first-order valence-corrected chi connectivity index (χ1v) is 5.48. The van der Waals surface area contributed by atoms with E-state index in [1.165, 1.54) is 0 Å². The molecule has 0 radical (unpaired) electrons. The fourth-order valence-corrected chi connectivity index (χ4v) is 1.92. The summed E-state index contributed by atoms with van der Waals surface area (Å²) in [5.74, 6) is 0. The summed E-state index contributed by atoms with van der Waals surface area (Å²) in [6.45, 7) is 9.28. The molecular formula is C11H23NO3. The molecule has 90 valence electrons. The monoisotopic (exact) mass is 217 g/mol. The standard InChI is InChI=1S/C11H23NO3/c1-10(2,8-13)7-9(14)12-5-6-15-11(12,3)4/h9,13-14H,5-8H2,1-4H3. The molecule has 1 heterocycles. The SMILES string of the molecule is CC(C)(CO)CC(O)N1CCOC1(C)C. The predicted molar refractivity (Wildman–Crippen MR) is 58.2 cm³/mol. The van der Waals surface area contributed by atoms with Gasteiger partial charge in [0.25, 0.3) is 0 Å². The second-order valence-corrected chi connectivity index (χ2v) is 5.50. The van der Waals surface area contributed by atoms with E-state index in [-0.39, 0.29) is 12.0 Å². The maximum Gasteiger partial charge on any atom is 0.118 e. The Balaban J connectivity index is 2.57. The van der Waals surface area contributed by atoms with E-state index in [9.17, 15) is 5.11 Å². The van der Waals surface area contributed by atoms with Gasteiger partial charge < -0.3 is 14.9 Å². The van der Waals surface area contributed by atoms with Gasteiger partial charge in [-0.05, 0) is 25.7 Å². The Morgan fingerprint density at radius 1 is 1.47 bits per heavy atom. The van der Waals surface area contributed by atoms with Crippen LogP contribution in [0.4, 0.5) is 0 Å². The second kappa shape index (κ2) is 4.37. The summed E-state index contributed by atoms with van der Waals surface area (Å²) >= 11 is 0. The Labute approximate surface area is 91.8 Å². The van der Waals surface area contributed by atoms with Gasteiger partial charge in [0.2, 0.25) is 0 Å². The van der Waals surface area contributed by atoms with Gasteiger partial charge in [0, 0.05) is 13.2 Å². The molecule has 15 heavy (non-hydrogen) atoms. The van der Waals surface area contributed by atoms with Crippen LogP contribution in [0.2, 0.25) is 0 Å². The Bertz CT molecular complexity index is 216. The summed E-state index contributed by atoms with van der Waals surface area (Å²) in [6, 6.07) is 0. The molecule has 1 aliphatic rings. The van der Waals surface area contributed by atoms with E-state index in [1.54, 1.807) is 0 Å². The molecule has 0 saturated carbocycles. The van der Waals surface area contributed by atoms with Crippen molar-refractivity contribution in [3.8, 4) is 0 Å². The van der Waals surface area contributed by atoms with Gasteiger partial charge in [-0.25, -0.2) is 4.90 Å². The van der Waals surface area contributed by atoms with Crippen LogP contribution in [0.3, 0.4) is 0 Å². The van der Waals surface area contributed by atoms with Crippen LogP contribution in [-0.4, -0.2) is 46.8 Å². The van der Waals surface area contributed by atoms with Crippen LogP contribution in [0, 0.1) is 5.41 Å². The minimum Gasteiger partial charge on any atom is -0.396 e. The number of rotatable bonds is 4. The maximum absolute atomic E-state index is 10.1. The topological polar surface area (TPSA) is 52.9 Å². The lowest BCUT2D eigenvalue weighted by molar-refractivity contribution is -0.133. The van der Waals surface area contributed by atoms with Crippen LogP contribution < -0.4 is 0 Å². The number of nitrogens with zero attached hydrogens (tertiary/aromatic N) is 1. The molecular weight excluding hydrogens is 194 g/mol. The lowest BCUT2D eigenvalue weighted by Crippen LogP contribution is -2.48. The van der Waals surface area contributed by atoms with Crippen molar-refractivity contribution in [1.82, 2.24) is 4.90 Å². The molecule has 1 rings (SSSR count). The normalized spacial score (nSPS) is 24.4. The molecule has 0 bridgehead atoms. The molecule has 0 aromatic carbocycles. The van der Waals surface area contributed by atoms with Crippen LogP contribution >= 0.6 is 0 Å². The molecule has 1 fully saturated rings. The molecule has 0 aliphatic carbocycles. The molecule has 0 amide bonds. The van der Waals surface area contributed by atoms with E-state index in [2.05, 4.69) is 0 Å². The Morgan fingerprint density at radius 3 is 2.47 bits per heavy atom. The number of ether oxygens (including phenoxy) is 1. The van der Waals surface area contributed by atoms with E-state index in [0.29, 0.717) is 13.0 Å². The first-order chi connectivity index (χ1) is 6.78. The number of aliphatic hydroxyl groups excluding tert-OH is 2. The van der Waals surface area contributed by atoms with Gasteiger partial charge in [0.15, 0.2) is 0 Å². The highest BCUT2D eigenvalue weighted by atomic mass is 16.5. The average molecular weight is 217 g/mol. The first kappa shape index (κ1) is 12.9. The summed E-state index contributed by atoms with van der Waals surface area (Å²) < 4.78 is 5.53. The zero-order valence-corrected chi connectivity index (χ0v) is 10.2. The number of hydrogen-bond donors (Lipinski definition) is 2. The Morgan fingerprint density at radius 2 is 2.07 bits per heavy atom. The summed E-state index contributed by atoms with van der Waals surface area (Å²) in [5, 5.41) is 19.2. The number of hydrogen-bond acceptors (Lipinski definition) is 4. The first-order valence-electron chi connectivity index (χ1n) is 5.48. The van der Waals surface area contributed by atoms with Crippen molar-refractivity contribution < 1.29 is 14.9 Å². The molecule has 0 spiro atoms. The van der Waals surface area contributed by atoms with E-state index in [4.69, 9.17) is 9.84 Å². The largest absolute Gasteiger partial charge is 0.396 e. The third kappa shape index (κ3) is 3.14. The molecule has 4 nitrogen and oxygen atoms in total. The molecule has 1 saturated heterocycles. The van der Waals surface area contributed by atoms with E-state index < -0.39 is 12.0 Å². The van der Waals surface area contributed by atoms with Crippen molar-refractivity contribution >= 4 is 0 Å². The molecule has 0 aromatic heterocycles. The molecule has 0 aromatic rings. The zero-order chi connectivity index (χ0) is 11.7. The van der Waals surface area contributed by atoms with Crippen molar-refractivity contribution in [2.24, 2.45) is 5.41 Å². The minimum absolute atomic E-state index is 0.0825. The summed E-state index contributed by atoms with van der Waals surface area (Å²) in [6.07, 6.45) is 0.000625. The fraction of sp³-hybridized carbons (Fsp3) is 1.00. The average Bonchev–Trinajstić information content (AvgIpc) is 2.44. The highest BCUT2D eigenvalue weighted by Crippen LogP contribution is 2.29. The van der Waals surface area contributed by atoms with Gasteiger partial charge in [-0.3, -0.25) is 0 Å². The lowest BCUT2D eigenvalue weighted by Gasteiger charge is -2.37. The van der Waals surface area contributed by atoms with Gasteiger partial charge in [-0.15, -0.1) is 0 Å². The highest BCUT2D eigenvalue weighted by Gasteiger charge is 2.38. The van der Waals surface area contributed by atoms with Crippen molar-refractivity contribution in [3.63, 3.8) is 0 Å². The van der Waals surface area contributed by atoms with Crippen molar-refractivity contribution in [1.29, 1.82) is 0 Å². The zero-order valence-electron chi connectivity index (χ0n) is 10.2. The summed E-state index contributed by atoms with van der Waals surface area (Å²) in [7, 11) is 0. The molecule has 1 atom stereocenters. The van der Waals surface area contributed by atoms with Gasteiger partial charge in [-0.1, -0.05) is 13.8 Å². The van der Waals surface area contributed by atoms with E-state index >= 15 is 0 Å². The van der Waals surface area contributed by atoms with Gasteiger partial charge in [0.1, 0.15) is 12.0 Å². The molecule has 1 aliphatic heterocycles. The quantitative estimate of drug-likeness (QED) is 0.731. The predicted octanol–water partition coefficient (Wildman–Crippen LogP) is 0.782. The van der Waals surface area contributed by atoms with Gasteiger partial charge in [-0.2, -0.15) is 0 Å². The lowest BCUT2D eigenvalue weighted by atomic mass is 9.89. The highest BCUT2D eigenvalue weighted by molar-refractivity contribution is 4.82. The Kier molecular flexibility index (Phi) is 3.76. The van der Waals surface area contributed by atoms with Crippen LogP contribution in [0.15, 0.2) is 0 Å². The van der Waals surface area contributed by atoms with Crippen LogP contribution in [0.25, 0.3) is 0 Å². The van der Waals surface area contributed by atoms with Crippen molar-refractivity contribution in [3.05, 3.63) is 0 Å². The third-order valence-electron chi connectivity index (χ3n) is 3.00. The maximum atomic E-state index is 10.1. The Hall–Kier alpha value is -0.160. The van der Waals surface area contributed by atoms with Crippen molar-refractivity contribution in [2.75, 3.05) is 19.8 Å². The smallest absolute Gasteiger partial charge is 0.118 e. The van der Waals surface area contributed by atoms with E-state index in [0.717, 1.165) is 6.54 Å². The van der Waals surface area contributed by atoms with Gasteiger partial charge in [0.05, 0.1) is 6.61 Å². The molecule has 1 unspecified atom stereocenters. The van der Waals surface area contributed by atoms with Crippen molar-refractivity contribution in [2.45, 2.75) is 46.1 Å². The third-order valence-corrected chi connectivity index (χ3v) is 3.00. The summed E-state index contributed by atoms with van der Waals surface area (Å²) in [4.78, 5) is 1.93.